The molecule has 1 aliphatic heterocycles. The smallest absolute Gasteiger partial charge is 0.175 e. The van der Waals surface area contributed by atoms with Gasteiger partial charge in [-0.15, -0.1) is 22.6 Å². The number of anilines is 1. The summed E-state index contributed by atoms with van der Waals surface area (Å²) in [5.74, 6) is 0.539. The van der Waals surface area contributed by atoms with Crippen LogP contribution in [0.3, 0.4) is 0 Å². The summed E-state index contributed by atoms with van der Waals surface area (Å²) in [4.78, 5) is 4.08. The predicted octanol–water partition coefficient (Wildman–Crippen LogP) is 2.64. The number of aliphatic hydroxyl groups is 1. The molecular weight excluding hydrogens is 338 g/mol. The van der Waals surface area contributed by atoms with Crippen LogP contribution >= 0.6 is 12.4 Å². The summed E-state index contributed by atoms with van der Waals surface area (Å²) < 4.78 is 0. The van der Waals surface area contributed by atoms with Gasteiger partial charge >= 0.3 is 0 Å². The van der Waals surface area contributed by atoms with E-state index in [2.05, 4.69) is 20.6 Å². The zero-order chi connectivity index (χ0) is 16.4. The fourth-order valence-corrected chi connectivity index (χ4v) is 2.60. The van der Waals surface area contributed by atoms with E-state index in [0.29, 0.717) is 5.82 Å². The van der Waals surface area contributed by atoms with Crippen LogP contribution in [0.25, 0.3) is 16.8 Å². The third-order valence-corrected chi connectivity index (χ3v) is 3.84. The lowest BCUT2D eigenvalue weighted by Crippen LogP contribution is -2.39. The fourth-order valence-electron chi connectivity index (χ4n) is 2.60. The number of nitrogens with zero attached hydrogens (tertiary/aromatic N) is 4. The molecule has 0 aliphatic carbocycles. The first-order valence-corrected chi connectivity index (χ1v) is 7.56. The molecule has 0 amide bonds. The van der Waals surface area contributed by atoms with E-state index < -0.39 is 6.23 Å². The molecule has 0 radical (unpaired) electrons. The second-order valence-electron chi connectivity index (χ2n) is 5.36. The number of hydrogen-bond donors (Lipinski definition) is 2. The van der Waals surface area contributed by atoms with Crippen molar-refractivity contribution in [2.45, 2.75) is 6.23 Å². The summed E-state index contributed by atoms with van der Waals surface area (Å²) >= 11 is 0. The molecule has 1 atom stereocenters. The van der Waals surface area contributed by atoms with Crippen LogP contribution in [0.4, 0.5) is 5.82 Å². The number of pyridine rings is 1. The zero-order valence-corrected chi connectivity index (χ0v) is 14.0. The molecule has 0 fully saturated rings. The molecule has 1 aliphatic rings. The number of hydrogen-bond acceptors (Lipinski definition) is 6. The van der Waals surface area contributed by atoms with Crippen LogP contribution in [-0.4, -0.2) is 26.5 Å². The van der Waals surface area contributed by atoms with Crippen molar-refractivity contribution in [3.8, 4) is 11.3 Å². The molecule has 0 spiro atoms. The third-order valence-electron chi connectivity index (χ3n) is 3.84. The Labute approximate surface area is 151 Å². The molecular formula is C18H16ClN5O. The van der Waals surface area contributed by atoms with Crippen molar-refractivity contribution in [3.63, 3.8) is 0 Å². The Morgan fingerprint density at radius 1 is 0.920 bits per heavy atom. The molecule has 2 N–H and O–H groups in total. The van der Waals surface area contributed by atoms with Gasteiger partial charge in [0.1, 0.15) is 0 Å². The Balaban J connectivity index is 0.00000182. The van der Waals surface area contributed by atoms with Gasteiger partial charge in [-0.25, -0.2) is 5.01 Å². The van der Waals surface area contributed by atoms with E-state index in [1.54, 1.807) is 23.6 Å². The van der Waals surface area contributed by atoms with Crippen molar-refractivity contribution in [2.75, 3.05) is 5.01 Å². The van der Waals surface area contributed by atoms with E-state index in [1.807, 2.05) is 54.6 Å². The Morgan fingerprint density at radius 2 is 1.72 bits per heavy atom. The van der Waals surface area contributed by atoms with Crippen molar-refractivity contribution in [1.29, 1.82) is 0 Å². The highest BCUT2D eigenvalue weighted by Crippen LogP contribution is 2.27. The second kappa shape index (κ2) is 7.29. The van der Waals surface area contributed by atoms with E-state index in [0.717, 1.165) is 22.4 Å². The average molecular weight is 354 g/mol. The van der Waals surface area contributed by atoms with Gasteiger partial charge in [0.25, 0.3) is 0 Å². The summed E-state index contributed by atoms with van der Waals surface area (Å²) in [6, 6.07) is 17.3. The Hall–Kier alpha value is -2.96. The highest BCUT2D eigenvalue weighted by molar-refractivity contribution is 5.85. The number of halogens is 1. The Morgan fingerprint density at radius 3 is 2.40 bits per heavy atom. The zero-order valence-electron chi connectivity index (χ0n) is 13.1. The summed E-state index contributed by atoms with van der Waals surface area (Å²) in [6.07, 6.45) is 4.30. The number of nitrogens with one attached hydrogen (secondary N) is 1. The lowest BCUT2D eigenvalue weighted by Gasteiger charge is -2.22. The van der Waals surface area contributed by atoms with Crippen LogP contribution in [-0.2, 0) is 0 Å². The van der Waals surface area contributed by atoms with Gasteiger partial charge in [0.2, 0.25) is 0 Å². The first-order chi connectivity index (χ1) is 11.8. The summed E-state index contributed by atoms with van der Waals surface area (Å²) in [6.45, 7) is 0. The van der Waals surface area contributed by atoms with Gasteiger partial charge in [-0.2, -0.15) is 0 Å². The quantitative estimate of drug-likeness (QED) is 0.754. The maximum Gasteiger partial charge on any atom is 0.175 e. The van der Waals surface area contributed by atoms with Crippen molar-refractivity contribution < 1.29 is 5.11 Å². The van der Waals surface area contributed by atoms with E-state index in [-0.39, 0.29) is 12.4 Å². The van der Waals surface area contributed by atoms with Crippen molar-refractivity contribution in [3.05, 3.63) is 78.8 Å². The van der Waals surface area contributed by atoms with Crippen molar-refractivity contribution in [1.82, 2.24) is 20.6 Å². The molecule has 3 heterocycles. The van der Waals surface area contributed by atoms with Gasteiger partial charge in [-0.1, -0.05) is 36.4 Å². The minimum atomic E-state index is -0.855. The van der Waals surface area contributed by atoms with Crippen molar-refractivity contribution in [2.24, 2.45) is 0 Å². The average Bonchev–Trinajstić information content (AvgIpc) is 3.05. The standard InChI is InChI=1S/C18H15N5O.ClH/c24-18-15(14-7-4-10-19-11-14)12-20-23(18)17-9-8-16(21-22-17)13-5-2-1-3-6-13;/h1-12,18,20,24H;1H. The summed E-state index contributed by atoms with van der Waals surface area (Å²) in [5.41, 5.74) is 6.40. The number of aromatic nitrogens is 3. The number of aliphatic hydroxyl groups excluding tert-OH is 1. The molecule has 2 aromatic heterocycles. The molecule has 6 nitrogen and oxygen atoms in total. The van der Waals surface area contributed by atoms with Crippen LogP contribution in [0.5, 0.6) is 0 Å². The van der Waals surface area contributed by atoms with E-state index in [1.165, 1.54) is 0 Å². The molecule has 126 valence electrons. The Kier molecular flexibility index (Phi) is 4.92. The topological polar surface area (TPSA) is 74.2 Å². The molecule has 7 heteroatoms. The fraction of sp³-hybridized carbons (Fsp3) is 0.0556. The number of benzene rings is 1. The Bertz CT molecular complexity index is 856. The van der Waals surface area contributed by atoms with E-state index in [9.17, 15) is 5.11 Å². The van der Waals surface area contributed by atoms with Crippen LogP contribution in [0.2, 0.25) is 0 Å². The second-order valence-corrected chi connectivity index (χ2v) is 5.36. The van der Waals surface area contributed by atoms with Crippen LogP contribution < -0.4 is 10.4 Å². The highest BCUT2D eigenvalue weighted by atomic mass is 35.5. The minimum Gasteiger partial charge on any atom is -0.368 e. The maximum atomic E-state index is 10.5. The number of rotatable bonds is 3. The SMILES string of the molecule is Cl.OC1C(c2cccnc2)=CNN1c1ccc(-c2ccccc2)nn1. The van der Waals surface area contributed by atoms with Gasteiger partial charge in [0, 0.05) is 35.3 Å². The molecule has 4 rings (SSSR count). The first kappa shape index (κ1) is 16.9. The van der Waals surface area contributed by atoms with E-state index in [4.69, 9.17) is 0 Å². The molecule has 0 bridgehead atoms. The predicted molar refractivity (Wildman–Crippen MR) is 98.6 cm³/mol. The lowest BCUT2D eigenvalue weighted by atomic mass is 10.1. The molecule has 25 heavy (non-hydrogen) atoms. The molecule has 1 aromatic carbocycles. The molecule has 3 aromatic rings. The largest absolute Gasteiger partial charge is 0.368 e. The van der Waals surface area contributed by atoms with Gasteiger partial charge in [0.05, 0.1) is 5.69 Å². The van der Waals surface area contributed by atoms with Gasteiger partial charge < -0.3 is 10.5 Å². The molecule has 1 unspecified atom stereocenters. The normalized spacial score (nSPS) is 16.0. The number of hydrazine groups is 1. The minimum absolute atomic E-state index is 0. The van der Waals surface area contributed by atoms with Crippen molar-refractivity contribution >= 4 is 23.8 Å². The third kappa shape index (κ3) is 3.31. The van der Waals surface area contributed by atoms with Crippen LogP contribution in [0, 0.1) is 0 Å². The van der Waals surface area contributed by atoms with Gasteiger partial charge in [-0.3, -0.25) is 4.98 Å². The molecule has 0 saturated heterocycles. The van der Waals surface area contributed by atoms with Gasteiger partial charge in [0.15, 0.2) is 12.0 Å². The van der Waals surface area contributed by atoms with Crippen LogP contribution in [0.15, 0.2) is 73.2 Å². The van der Waals surface area contributed by atoms with Crippen LogP contribution in [0.1, 0.15) is 5.56 Å². The maximum absolute atomic E-state index is 10.5. The molecule has 0 saturated carbocycles. The van der Waals surface area contributed by atoms with Gasteiger partial charge in [-0.05, 0) is 18.2 Å². The summed E-state index contributed by atoms with van der Waals surface area (Å²) in [5, 5.41) is 20.6. The first-order valence-electron chi connectivity index (χ1n) is 7.56. The van der Waals surface area contributed by atoms with E-state index >= 15 is 0 Å². The monoisotopic (exact) mass is 353 g/mol. The highest BCUT2D eigenvalue weighted by Gasteiger charge is 2.28. The summed E-state index contributed by atoms with van der Waals surface area (Å²) in [7, 11) is 0. The lowest BCUT2D eigenvalue weighted by molar-refractivity contribution is 0.225.